The number of Topliss-reactive ketones (excluding diaryl/α,β-unsaturated/α-hetero) is 2. The Morgan fingerprint density at radius 3 is 2.29 bits per heavy atom. The molecule has 1 unspecified atom stereocenters. The van der Waals surface area contributed by atoms with Gasteiger partial charge in [0, 0.05) is 17.5 Å². The number of hydrogen-bond donors (Lipinski definition) is 2. The van der Waals surface area contributed by atoms with Crippen LogP contribution in [0.25, 0.3) is 0 Å². The van der Waals surface area contributed by atoms with Crippen molar-refractivity contribution in [2.24, 2.45) is 0 Å². The number of carbonyl (C=O) groups is 3. The molecule has 2 N–H and O–H groups in total. The number of ether oxygens (including phenoxy) is 3. The predicted molar refractivity (Wildman–Crippen MR) is 143 cm³/mol. The molecular weight excluding hydrogens is 488 g/mol. The van der Waals surface area contributed by atoms with Gasteiger partial charge in [-0.2, -0.15) is 0 Å². The summed E-state index contributed by atoms with van der Waals surface area (Å²) in [4.78, 5) is 35.0. The third kappa shape index (κ3) is 7.49. The first kappa shape index (κ1) is 29.0. The number of unbranched alkanes of at least 4 members (excludes halogenated alkanes) is 2. The highest BCUT2D eigenvalue weighted by Gasteiger charge is 2.26. The van der Waals surface area contributed by atoms with Crippen LogP contribution in [0.2, 0.25) is 0 Å². The summed E-state index contributed by atoms with van der Waals surface area (Å²) in [6.45, 7) is 5.90. The number of fused-ring (bicyclic) bond motifs is 1. The van der Waals surface area contributed by atoms with E-state index < -0.39 is 5.97 Å². The van der Waals surface area contributed by atoms with E-state index >= 15 is 0 Å². The zero-order valence-electron chi connectivity index (χ0n) is 22.5. The number of carbonyl (C=O) groups excluding carboxylic acids is 2. The molecule has 0 bridgehead atoms. The van der Waals surface area contributed by atoms with Crippen molar-refractivity contribution in [3.05, 3.63) is 46.5 Å². The average Bonchev–Trinajstić information content (AvgIpc) is 2.87. The van der Waals surface area contributed by atoms with Gasteiger partial charge in [0.15, 0.2) is 11.6 Å². The van der Waals surface area contributed by atoms with Gasteiger partial charge >= 0.3 is 5.97 Å². The molecule has 38 heavy (non-hydrogen) atoms. The number of ketones is 2. The smallest absolute Gasteiger partial charge is 0.303 e. The Morgan fingerprint density at radius 1 is 0.974 bits per heavy atom. The molecule has 8 nitrogen and oxygen atoms in total. The molecule has 0 saturated heterocycles. The Bertz CT molecular complexity index is 1150. The van der Waals surface area contributed by atoms with Gasteiger partial charge in [0.1, 0.15) is 23.0 Å². The summed E-state index contributed by atoms with van der Waals surface area (Å²) >= 11 is 0. The van der Waals surface area contributed by atoms with Gasteiger partial charge in [-0.25, -0.2) is 0 Å². The minimum absolute atomic E-state index is 0.0118. The molecule has 0 saturated carbocycles. The molecule has 0 aromatic heterocycles. The van der Waals surface area contributed by atoms with Crippen LogP contribution in [0.5, 0.6) is 23.0 Å². The van der Waals surface area contributed by atoms with Gasteiger partial charge < -0.3 is 24.4 Å². The van der Waals surface area contributed by atoms with E-state index in [4.69, 9.17) is 19.3 Å². The topological polar surface area (TPSA) is 119 Å². The molecule has 2 aromatic carbocycles. The van der Waals surface area contributed by atoms with E-state index in [1.165, 1.54) is 13.8 Å². The number of aliphatic carboxylic acids is 1. The molecule has 0 amide bonds. The Hall–Kier alpha value is -3.55. The fourth-order valence-electron chi connectivity index (χ4n) is 4.78. The zero-order chi connectivity index (χ0) is 27.7. The minimum Gasteiger partial charge on any atom is -0.507 e. The maximum atomic E-state index is 12.4. The maximum Gasteiger partial charge on any atom is 0.303 e. The number of phenols is 1. The number of phenolic OH excluding ortho intramolecular Hbond substituents is 1. The number of benzene rings is 2. The second kappa shape index (κ2) is 13.8. The van der Waals surface area contributed by atoms with E-state index in [1.54, 1.807) is 24.3 Å². The van der Waals surface area contributed by atoms with Gasteiger partial charge in [0.2, 0.25) is 0 Å². The second-order valence-corrected chi connectivity index (χ2v) is 9.68. The number of carboxylic acid groups (broad SMARTS) is 1. The van der Waals surface area contributed by atoms with Crippen molar-refractivity contribution in [2.45, 2.75) is 84.7 Å². The highest BCUT2D eigenvalue weighted by Crippen LogP contribution is 2.37. The third-order valence-electron chi connectivity index (χ3n) is 6.70. The third-order valence-corrected chi connectivity index (χ3v) is 6.70. The van der Waals surface area contributed by atoms with Crippen LogP contribution in [0.15, 0.2) is 24.3 Å². The summed E-state index contributed by atoms with van der Waals surface area (Å²) in [5.41, 5.74) is 2.36. The monoisotopic (exact) mass is 526 g/mol. The Morgan fingerprint density at radius 2 is 1.66 bits per heavy atom. The Labute approximate surface area is 223 Å². The van der Waals surface area contributed by atoms with E-state index in [0.717, 1.165) is 31.2 Å². The van der Waals surface area contributed by atoms with Crippen LogP contribution >= 0.6 is 0 Å². The van der Waals surface area contributed by atoms with Crippen LogP contribution in [0.1, 0.15) is 97.6 Å². The summed E-state index contributed by atoms with van der Waals surface area (Å²) < 4.78 is 17.9. The van der Waals surface area contributed by atoms with E-state index in [0.29, 0.717) is 72.8 Å². The number of carboxylic acids is 1. The SMILES string of the molecule is CCCc1c(OCCCCCOc2ccc3c(c2C(C)=O)CCC(CCC(=O)O)O3)ccc(C(C)=O)c1O. The first-order valence-electron chi connectivity index (χ1n) is 13.4. The number of hydrogen-bond acceptors (Lipinski definition) is 7. The maximum absolute atomic E-state index is 12.4. The van der Waals surface area contributed by atoms with Gasteiger partial charge in [0.05, 0.1) is 30.4 Å². The van der Waals surface area contributed by atoms with Crippen LogP contribution in [0.3, 0.4) is 0 Å². The molecule has 1 aliphatic heterocycles. The van der Waals surface area contributed by atoms with Crippen LogP contribution in [-0.4, -0.2) is 47.1 Å². The molecule has 8 heteroatoms. The van der Waals surface area contributed by atoms with Crippen LogP contribution in [0.4, 0.5) is 0 Å². The molecule has 0 radical (unpaired) electrons. The van der Waals surface area contributed by atoms with E-state index in [2.05, 4.69) is 0 Å². The highest BCUT2D eigenvalue weighted by atomic mass is 16.5. The molecule has 206 valence electrons. The summed E-state index contributed by atoms with van der Waals surface area (Å²) in [6.07, 6.45) is 5.52. The first-order chi connectivity index (χ1) is 18.2. The lowest BCUT2D eigenvalue weighted by Crippen LogP contribution is -2.25. The lowest BCUT2D eigenvalue weighted by atomic mass is 9.93. The Balaban J connectivity index is 1.49. The lowest BCUT2D eigenvalue weighted by molar-refractivity contribution is -0.137. The van der Waals surface area contributed by atoms with E-state index in [-0.39, 0.29) is 29.8 Å². The van der Waals surface area contributed by atoms with Crippen molar-refractivity contribution < 1.29 is 38.8 Å². The fourth-order valence-corrected chi connectivity index (χ4v) is 4.78. The standard InChI is InChI=1S/C30H38O8/c1-4-8-24-25(13-12-22(19(2)31)30(24)35)36-17-6-5-7-18-37-27-15-14-26-23(29(27)20(3)32)11-9-21(38-26)10-16-28(33)34/h12-15,21,35H,4-11,16-18H2,1-3H3,(H,33,34). The molecule has 2 aromatic rings. The van der Waals surface area contributed by atoms with E-state index in [1.807, 2.05) is 6.92 Å². The summed E-state index contributed by atoms with van der Waals surface area (Å²) in [6, 6.07) is 6.91. The molecule has 1 heterocycles. The average molecular weight is 527 g/mol. The first-order valence-corrected chi connectivity index (χ1v) is 13.4. The van der Waals surface area contributed by atoms with Crippen molar-refractivity contribution >= 4 is 17.5 Å². The lowest BCUT2D eigenvalue weighted by Gasteiger charge is -2.28. The Kier molecular flexibility index (Phi) is 10.6. The highest BCUT2D eigenvalue weighted by molar-refractivity contribution is 5.99. The summed E-state index contributed by atoms with van der Waals surface area (Å²) in [7, 11) is 0. The molecule has 1 atom stereocenters. The van der Waals surface area contributed by atoms with Crippen molar-refractivity contribution in [1.29, 1.82) is 0 Å². The fraction of sp³-hybridized carbons (Fsp3) is 0.500. The minimum atomic E-state index is -0.844. The summed E-state index contributed by atoms with van der Waals surface area (Å²) in [5.74, 6) is 0.695. The molecule has 0 fully saturated rings. The number of aromatic hydroxyl groups is 1. The van der Waals surface area contributed by atoms with E-state index in [9.17, 15) is 19.5 Å². The van der Waals surface area contributed by atoms with Crippen LogP contribution in [0, 0.1) is 0 Å². The van der Waals surface area contributed by atoms with Gasteiger partial charge in [-0.05, 0) is 83.1 Å². The van der Waals surface area contributed by atoms with Crippen LogP contribution < -0.4 is 14.2 Å². The summed E-state index contributed by atoms with van der Waals surface area (Å²) in [5, 5.41) is 19.4. The normalized spacial score (nSPS) is 14.3. The number of rotatable bonds is 15. The zero-order valence-corrected chi connectivity index (χ0v) is 22.5. The van der Waals surface area contributed by atoms with Gasteiger partial charge in [-0.15, -0.1) is 0 Å². The van der Waals surface area contributed by atoms with Gasteiger partial charge in [-0.3, -0.25) is 14.4 Å². The quantitative estimate of drug-likeness (QED) is 0.216. The molecule has 0 spiro atoms. The largest absolute Gasteiger partial charge is 0.507 e. The second-order valence-electron chi connectivity index (χ2n) is 9.68. The van der Waals surface area contributed by atoms with Crippen molar-refractivity contribution in [1.82, 2.24) is 0 Å². The predicted octanol–water partition coefficient (Wildman–Crippen LogP) is 5.94. The molecule has 3 rings (SSSR count). The van der Waals surface area contributed by atoms with Crippen molar-refractivity contribution in [3.63, 3.8) is 0 Å². The molecule has 0 aliphatic carbocycles. The van der Waals surface area contributed by atoms with Gasteiger partial charge in [0.25, 0.3) is 0 Å². The van der Waals surface area contributed by atoms with Crippen molar-refractivity contribution in [3.8, 4) is 23.0 Å². The van der Waals surface area contributed by atoms with Crippen molar-refractivity contribution in [2.75, 3.05) is 13.2 Å². The molecular formula is C30H38O8. The molecule has 1 aliphatic rings. The van der Waals surface area contributed by atoms with Gasteiger partial charge in [-0.1, -0.05) is 13.3 Å². The van der Waals surface area contributed by atoms with Crippen LogP contribution in [-0.2, 0) is 17.6 Å².